The van der Waals surface area contributed by atoms with E-state index >= 15 is 0 Å². The van der Waals surface area contributed by atoms with Gasteiger partial charge in [0.15, 0.2) is 6.61 Å². The smallest absolute Gasteiger partial charge is 0.340 e. The molecule has 8 heteroatoms. The fraction of sp³-hybridized carbons (Fsp3) is 0.500. The van der Waals surface area contributed by atoms with Crippen molar-refractivity contribution in [3.8, 4) is 0 Å². The van der Waals surface area contributed by atoms with Crippen molar-refractivity contribution in [2.75, 3.05) is 12.3 Å². The van der Waals surface area contributed by atoms with E-state index in [0.717, 1.165) is 25.3 Å². The van der Waals surface area contributed by atoms with Crippen molar-refractivity contribution in [2.45, 2.75) is 45.2 Å². The molecule has 130 valence electrons. The third-order valence-electron chi connectivity index (χ3n) is 4.27. The summed E-state index contributed by atoms with van der Waals surface area (Å²) in [5, 5.41) is 10.7. The molecule has 1 aromatic rings. The number of nitro benzene ring substituents is 1. The number of anilines is 1. The topological polar surface area (TPSA) is 116 Å². The molecule has 1 fully saturated rings. The van der Waals surface area contributed by atoms with Crippen LogP contribution >= 0.6 is 0 Å². The Morgan fingerprint density at radius 2 is 1.96 bits per heavy atom. The quantitative estimate of drug-likeness (QED) is 0.390. The monoisotopic (exact) mass is 335 g/mol. The second kappa shape index (κ2) is 7.29. The summed E-state index contributed by atoms with van der Waals surface area (Å²) in [6.45, 7) is 3.58. The fourth-order valence-electron chi connectivity index (χ4n) is 3.04. The van der Waals surface area contributed by atoms with Crippen LogP contribution in [0.25, 0.3) is 0 Å². The van der Waals surface area contributed by atoms with Crippen LogP contribution in [0.1, 0.15) is 43.5 Å². The van der Waals surface area contributed by atoms with Crippen LogP contribution in [-0.2, 0) is 9.53 Å². The number of nitro groups is 1. The molecule has 2 N–H and O–H groups in total. The number of nitrogens with two attached hydrogens (primary N) is 1. The highest BCUT2D eigenvalue weighted by Crippen LogP contribution is 2.23. The molecule has 0 aliphatic carbocycles. The van der Waals surface area contributed by atoms with Gasteiger partial charge in [-0.3, -0.25) is 14.9 Å². The van der Waals surface area contributed by atoms with E-state index in [-0.39, 0.29) is 41.5 Å². The molecular formula is C16H21N3O5. The minimum absolute atomic E-state index is 0.00754. The van der Waals surface area contributed by atoms with Crippen LogP contribution in [0.2, 0.25) is 0 Å². The van der Waals surface area contributed by atoms with Gasteiger partial charge in [0, 0.05) is 24.2 Å². The first-order valence-electron chi connectivity index (χ1n) is 7.83. The second-order valence-corrected chi connectivity index (χ2v) is 6.03. The molecule has 0 unspecified atom stereocenters. The van der Waals surface area contributed by atoms with Crippen LogP contribution in [0.3, 0.4) is 0 Å². The zero-order chi connectivity index (χ0) is 17.9. The van der Waals surface area contributed by atoms with E-state index in [1.165, 1.54) is 12.1 Å². The average molecular weight is 335 g/mol. The molecule has 2 rings (SSSR count). The van der Waals surface area contributed by atoms with Crippen molar-refractivity contribution in [3.63, 3.8) is 0 Å². The van der Waals surface area contributed by atoms with Crippen LogP contribution in [0.4, 0.5) is 11.4 Å². The maximum atomic E-state index is 12.3. The minimum Gasteiger partial charge on any atom is -0.452 e. The summed E-state index contributed by atoms with van der Waals surface area (Å²) in [6.07, 6.45) is 2.93. The number of benzene rings is 1. The molecule has 1 amide bonds. The number of rotatable bonds is 4. The van der Waals surface area contributed by atoms with E-state index in [1.807, 2.05) is 13.8 Å². The van der Waals surface area contributed by atoms with Gasteiger partial charge in [0.25, 0.3) is 11.6 Å². The number of carbonyl (C=O) groups excluding carboxylic acids is 2. The van der Waals surface area contributed by atoms with Gasteiger partial charge in [-0.15, -0.1) is 0 Å². The van der Waals surface area contributed by atoms with Crippen molar-refractivity contribution in [3.05, 3.63) is 33.9 Å². The number of nitrogens with zero attached hydrogens (tertiary/aromatic N) is 2. The zero-order valence-corrected chi connectivity index (χ0v) is 13.7. The summed E-state index contributed by atoms with van der Waals surface area (Å²) in [7, 11) is 0. The standard InChI is InChI=1S/C16H21N3O5/c1-10-4-3-5-11(2)18(10)15(20)9-24-16(21)13-7-6-12(19(22)23)8-14(13)17/h6-8,10-11H,3-5,9,17H2,1-2H3/t10-,11-/m0/s1. The minimum atomic E-state index is -0.770. The van der Waals surface area contributed by atoms with Crippen LogP contribution in [0.5, 0.6) is 0 Å². The van der Waals surface area contributed by atoms with E-state index in [9.17, 15) is 19.7 Å². The maximum absolute atomic E-state index is 12.3. The number of piperidine rings is 1. The van der Waals surface area contributed by atoms with Gasteiger partial charge in [-0.1, -0.05) is 0 Å². The summed E-state index contributed by atoms with van der Waals surface area (Å²) < 4.78 is 5.04. The van der Waals surface area contributed by atoms with Crippen LogP contribution in [0.15, 0.2) is 18.2 Å². The first-order chi connectivity index (χ1) is 11.3. The third kappa shape index (κ3) is 3.81. The molecule has 2 atom stereocenters. The summed E-state index contributed by atoms with van der Waals surface area (Å²) >= 11 is 0. The largest absolute Gasteiger partial charge is 0.452 e. The number of ether oxygens (including phenoxy) is 1. The molecule has 0 spiro atoms. The number of non-ortho nitro benzene ring substituents is 1. The number of likely N-dealkylation sites (tertiary alicyclic amines) is 1. The maximum Gasteiger partial charge on any atom is 0.340 e. The molecule has 24 heavy (non-hydrogen) atoms. The first-order valence-corrected chi connectivity index (χ1v) is 7.83. The van der Waals surface area contributed by atoms with Crippen LogP contribution in [-0.4, -0.2) is 40.4 Å². The number of nitrogen functional groups attached to an aromatic ring is 1. The first kappa shape index (κ1) is 17.7. The van der Waals surface area contributed by atoms with E-state index < -0.39 is 10.9 Å². The Hall–Kier alpha value is -2.64. The third-order valence-corrected chi connectivity index (χ3v) is 4.27. The fourth-order valence-corrected chi connectivity index (χ4v) is 3.04. The van der Waals surface area contributed by atoms with Crippen molar-refractivity contribution >= 4 is 23.3 Å². The Bertz CT molecular complexity index is 651. The lowest BCUT2D eigenvalue weighted by Gasteiger charge is -2.38. The lowest BCUT2D eigenvalue weighted by molar-refractivity contribution is -0.384. The highest BCUT2D eigenvalue weighted by atomic mass is 16.6. The summed E-state index contributed by atoms with van der Waals surface area (Å²) in [5.74, 6) is -1.02. The number of carbonyl (C=O) groups is 2. The Labute approximate surface area is 139 Å². The lowest BCUT2D eigenvalue weighted by atomic mass is 9.97. The normalized spacial score (nSPS) is 20.5. The molecule has 1 heterocycles. The van der Waals surface area contributed by atoms with Crippen molar-refractivity contribution in [1.82, 2.24) is 4.90 Å². The number of hydrogen-bond acceptors (Lipinski definition) is 6. The second-order valence-electron chi connectivity index (χ2n) is 6.03. The molecule has 8 nitrogen and oxygen atoms in total. The number of amides is 1. The number of esters is 1. The SMILES string of the molecule is C[C@H]1CCC[C@H](C)N1C(=O)COC(=O)c1ccc([N+](=O)[O-])cc1N. The highest BCUT2D eigenvalue weighted by molar-refractivity contribution is 5.96. The number of hydrogen-bond donors (Lipinski definition) is 1. The van der Waals surface area contributed by atoms with Gasteiger partial charge in [0.2, 0.25) is 0 Å². The average Bonchev–Trinajstić information content (AvgIpc) is 2.52. The zero-order valence-electron chi connectivity index (χ0n) is 13.7. The highest BCUT2D eigenvalue weighted by Gasteiger charge is 2.29. The van der Waals surface area contributed by atoms with Crippen molar-refractivity contribution in [2.24, 2.45) is 0 Å². The van der Waals surface area contributed by atoms with Gasteiger partial charge < -0.3 is 15.4 Å². The molecule has 0 saturated carbocycles. The molecule has 0 bridgehead atoms. The van der Waals surface area contributed by atoms with E-state index in [1.54, 1.807) is 4.90 Å². The Morgan fingerprint density at radius 3 is 2.50 bits per heavy atom. The van der Waals surface area contributed by atoms with Crippen LogP contribution in [0, 0.1) is 10.1 Å². The van der Waals surface area contributed by atoms with Gasteiger partial charge in [0.1, 0.15) is 0 Å². The summed E-state index contributed by atoms with van der Waals surface area (Å²) in [5.41, 5.74) is 5.39. The van der Waals surface area contributed by atoms with Gasteiger partial charge in [-0.2, -0.15) is 0 Å². The molecule has 1 aliphatic heterocycles. The lowest BCUT2D eigenvalue weighted by Crippen LogP contribution is -2.49. The Kier molecular flexibility index (Phi) is 5.38. The van der Waals surface area contributed by atoms with Crippen LogP contribution < -0.4 is 5.73 Å². The summed E-state index contributed by atoms with van der Waals surface area (Å²) in [6, 6.07) is 3.72. The molecule has 0 radical (unpaired) electrons. The summed E-state index contributed by atoms with van der Waals surface area (Å²) in [4.78, 5) is 36.2. The van der Waals surface area contributed by atoms with Crippen molar-refractivity contribution < 1.29 is 19.2 Å². The predicted molar refractivity (Wildman–Crippen MR) is 87.4 cm³/mol. The predicted octanol–water partition coefficient (Wildman–Crippen LogP) is 2.12. The van der Waals surface area contributed by atoms with E-state index in [2.05, 4.69) is 0 Å². The van der Waals surface area contributed by atoms with E-state index in [4.69, 9.17) is 10.5 Å². The molecule has 1 aromatic carbocycles. The Morgan fingerprint density at radius 1 is 1.33 bits per heavy atom. The molecule has 1 aliphatic rings. The Balaban J connectivity index is 2.00. The van der Waals surface area contributed by atoms with E-state index in [0.29, 0.717) is 0 Å². The van der Waals surface area contributed by atoms with Gasteiger partial charge >= 0.3 is 5.97 Å². The van der Waals surface area contributed by atoms with Crippen molar-refractivity contribution in [1.29, 1.82) is 0 Å². The molecular weight excluding hydrogens is 314 g/mol. The van der Waals surface area contributed by atoms with Gasteiger partial charge in [-0.05, 0) is 39.2 Å². The van der Waals surface area contributed by atoms with Gasteiger partial charge in [-0.25, -0.2) is 4.79 Å². The molecule has 0 aromatic heterocycles. The molecule has 1 saturated heterocycles. The van der Waals surface area contributed by atoms with Gasteiger partial charge in [0.05, 0.1) is 16.2 Å².